The van der Waals surface area contributed by atoms with Crippen LogP contribution < -0.4 is 21.1 Å². The maximum atomic E-state index is 11.6. The van der Waals surface area contributed by atoms with Crippen molar-refractivity contribution < 1.29 is 14.3 Å². The normalized spacial score (nSPS) is 10.8. The molecule has 110 valence electrons. The Morgan fingerprint density at radius 2 is 1.80 bits per heavy atom. The SMILES string of the molecule is COc1ccc(CNC(=O)NCC(C)(C)C(N)=O)cc1. The Kier molecular flexibility index (Phi) is 5.37. The monoisotopic (exact) mass is 279 g/mol. The molecule has 6 heteroatoms. The molecule has 0 bridgehead atoms. The van der Waals surface area contributed by atoms with Gasteiger partial charge in [-0.2, -0.15) is 0 Å². The van der Waals surface area contributed by atoms with Crippen molar-refractivity contribution in [1.29, 1.82) is 0 Å². The lowest BCUT2D eigenvalue weighted by Gasteiger charge is -2.20. The van der Waals surface area contributed by atoms with Crippen LogP contribution in [0.25, 0.3) is 0 Å². The number of rotatable bonds is 6. The first-order valence-corrected chi connectivity index (χ1v) is 6.29. The van der Waals surface area contributed by atoms with Gasteiger partial charge in [-0.1, -0.05) is 12.1 Å². The van der Waals surface area contributed by atoms with Gasteiger partial charge in [0.2, 0.25) is 5.91 Å². The molecule has 4 N–H and O–H groups in total. The quantitative estimate of drug-likeness (QED) is 0.725. The van der Waals surface area contributed by atoms with E-state index in [2.05, 4.69) is 10.6 Å². The van der Waals surface area contributed by atoms with Gasteiger partial charge in [0.05, 0.1) is 12.5 Å². The third kappa shape index (κ3) is 4.79. The average Bonchev–Trinajstić information content (AvgIpc) is 2.43. The molecule has 0 spiro atoms. The molecular weight excluding hydrogens is 258 g/mol. The van der Waals surface area contributed by atoms with Crippen LogP contribution in [-0.4, -0.2) is 25.6 Å². The second-order valence-electron chi connectivity index (χ2n) is 5.13. The topological polar surface area (TPSA) is 93.4 Å². The molecule has 1 aromatic rings. The summed E-state index contributed by atoms with van der Waals surface area (Å²) in [7, 11) is 1.60. The smallest absolute Gasteiger partial charge is 0.315 e. The molecule has 1 aromatic carbocycles. The van der Waals surface area contributed by atoms with Gasteiger partial charge in [0.15, 0.2) is 0 Å². The zero-order chi connectivity index (χ0) is 15.2. The third-order valence-corrected chi connectivity index (χ3v) is 2.97. The van der Waals surface area contributed by atoms with E-state index in [0.717, 1.165) is 11.3 Å². The van der Waals surface area contributed by atoms with Crippen molar-refractivity contribution in [3.63, 3.8) is 0 Å². The first kappa shape index (κ1) is 15.8. The number of primary amides is 1. The molecule has 0 heterocycles. The Morgan fingerprint density at radius 1 is 1.20 bits per heavy atom. The zero-order valence-electron chi connectivity index (χ0n) is 12.0. The van der Waals surface area contributed by atoms with E-state index < -0.39 is 11.3 Å². The predicted octanol–water partition coefficient (Wildman–Crippen LogP) is 1.01. The van der Waals surface area contributed by atoms with Crippen molar-refractivity contribution in [3.8, 4) is 5.75 Å². The van der Waals surface area contributed by atoms with E-state index in [4.69, 9.17) is 10.5 Å². The summed E-state index contributed by atoms with van der Waals surface area (Å²) >= 11 is 0. The summed E-state index contributed by atoms with van der Waals surface area (Å²) in [5.74, 6) is 0.314. The summed E-state index contributed by atoms with van der Waals surface area (Å²) in [4.78, 5) is 22.7. The van der Waals surface area contributed by atoms with Gasteiger partial charge in [0.25, 0.3) is 0 Å². The number of nitrogens with one attached hydrogen (secondary N) is 2. The number of nitrogens with two attached hydrogens (primary N) is 1. The highest BCUT2D eigenvalue weighted by Gasteiger charge is 2.25. The van der Waals surface area contributed by atoms with Crippen molar-refractivity contribution in [1.82, 2.24) is 10.6 Å². The Bertz CT molecular complexity index is 469. The number of amides is 3. The van der Waals surface area contributed by atoms with E-state index in [1.165, 1.54) is 0 Å². The van der Waals surface area contributed by atoms with Crippen LogP contribution in [0.15, 0.2) is 24.3 Å². The largest absolute Gasteiger partial charge is 0.497 e. The van der Waals surface area contributed by atoms with Crippen LogP contribution in [0.3, 0.4) is 0 Å². The van der Waals surface area contributed by atoms with Gasteiger partial charge < -0.3 is 21.1 Å². The Balaban J connectivity index is 2.38. The number of carbonyl (C=O) groups excluding carboxylic acids is 2. The van der Waals surface area contributed by atoms with Crippen molar-refractivity contribution in [2.24, 2.45) is 11.1 Å². The Morgan fingerprint density at radius 3 is 2.30 bits per heavy atom. The van der Waals surface area contributed by atoms with Crippen molar-refractivity contribution >= 4 is 11.9 Å². The van der Waals surface area contributed by atoms with Crippen molar-refractivity contribution in [2.75, 3.05) is 13.7 Å². The number of ether oxygens (including phenoxy) is 1. The maximum absolute atomic E-state index is 11.6. The van der Waals surface area contributed by atoms with Gasteiger partial charge in [-0.15, -0.1) is 0 Å². The first-order chi connectivity index (χ1) is 9.35. The highest BCUT2D eigenvalue weighted by molar-refractivity contribution is 5.81. The summed E-state index contributed by atoms with van der Waals surface area (Å²) < 4.78 is 5.05. The molecule has 0 unspecified atom stereocenters. The lowest BCUT2D eigenvalue weighted by molar-refractivity contribution is -0.125. The van der Waals surface area contributed by atoms with Gasteiger partial charge in [0, 0.05) is 13.1 Å². The zero-order valence-corrected chi connectivity index (χ0v) is 12.0. The van der Waals surface area contributed by atoms with Crippen LogP contribution in [-0.2, 0) is 11.3 Å². The molecule has 20 heavy (non-hydrogen) atoms. The van der Waals surface area contributed by atoms with Crippen molar-refractivity contribution in [2.45, 2.75) is 20.4 Å². The summed E-state index contributed by atoms with van der Waals surface area (Å²) in [6.07, 6.45) is 0. The number of hydrogen-bond acceptors (Lipinski definition) is 3. The predicted molar refractivity (Wildman–Crippen MR) is 76.2 cm³/mol. The van der Waals surface area contributed by atoms with E-state index in [1.54, 1.807) is 21.0 Å². The Hall–Kier alpha value is -2.24. The van der Waals surface area contributed by atoms with Gasteiger partial charge in [-0.3, -0.25) is 4.79 Å². The van der Waals surface area contributed by atoms with Crippen LogP contribution in [0, 0.1) is 5.41 Å². The van der Waals surface area contributed by atoms with E-state index in [1.807, 2.05) is 24.3 Å². The molecule has 0 aromatic heterocycles. The first-order valence-electron chi connectivity index (χ1n) is 6.29. The summed E-state index contributed by atoms with van der Waals surface area (Å²) in [6, 6.07) is 7.05. The highest BCUT2D eigenvalue weighted by Crippen LogP contribution is 2.12. The number of benzene rings is 1. The molecule has 0 fully saturated rings. The Labute approximate surface area is 118 Å². The van der Waals surface area contributed by atoms with Crippen LogP contribution in [0.5, 0.6) is 5.75 Å². The lowest BCUT2D eigenvalue weighted by atomic mass is 9.93. The fraction of sp³-hybridized carbons (Fsp3) is 0.429. The molecule has 0 aliphatic carbocycles. The second kappa shape index (κ2) is 6.79. The van der Waals surface area contributed by atoms with E-state index >= 15 is 0 Å². The molecule has 0 atom stereocenters. The van der Waals surface area contributed by atoms with E-state index in [0.29, 0.717) is 6.54 Å². The minimum Gasteiger partial charge on any atom is -0.497 e. The maximum Gasteiger partial charge on any atom is 0.315 e. The van der Waals surface area contributed by atoms with Crippen molar-refractivity contribution in [3.05, 3.63) is 29.8 Å². The molecular formula is C14H21N3O3. The number of methoxy groups -OCH3 is 1. The molecule has 6 nitrogen and oxygen atoms in total. The lowest BCUT2D eigenvalue weighted by Crippen LogP contribution is -2.45. The molecule has 0 aliphatic heterocycles. The summed E-state index contributed by atoms with van der Waals surface area (Å²) in [5, 5.41) is 5.33. The minimum atomic E-state index is -0.766. The summed E-state index contributed by atoms with van der Waals surface area (Å²) in [6.45, 7) is 3.95. The van der Waals surface area contributed by atoms with Gasteiger partial charge >= 0.3 is 6.03 Å². The molecule has 1 rings (SSSR count). The van der Waals surface area contributed by atoms with Crippen LogP contribution in [0.1, 0.15) is 19.4 Å². The van der Waals surface area contributed by atoms with Gasteiger partial charge in [-0.05, 0) is 31.5 Å². The number of urea groups is 1. The summed E-state index contributed by atoms with van der Waals surface area (Å²) in [5.41, 5.74) is 5.41. The average molecular weight is 279 g/mol. The fourth-order valence-electron chi connectivity index (χ4n) is 1.38. The number of carbonyl (C=O) groups is 2. The molecule has 3 amide bonds. The van der Waals surface area contributed by atoms with Crippen LogP contribution in [0.2, 0.25) is 0 Å². The van der Waals surface area contributed by atoms with E-state index in [9.17, 15) is 9.59 Å². The second-order valence-corrected chi connectivity index (χ2v) is 5.13. The fourth-order valence-corrected chi connectivity index (χ4v) is 1.38. The van der Waals surface area contributed by atoms with E-state index in [-0.39, 0.29) is 12.6 Å². The standard InChI is InChI=1S/C14H21N3O3/c1-14(2,12(15)18)9-17-13(19)16-8-10-4-6-11(20-3)7-5-10/h4-7H,8-9H2,1-3H3,(H2,15,18)(H2,16,17,19). The highest BCUT2D eigenvalue weighted by atomic mass is 16.5. The minimum absolute atomic E-state index is 0.191. The molecule has 0 aliphatic rings. The molecule has 0 radical (unpaired) electrons. The van der Waals surface area contributed by atoms with Crippen LogP contribution in [0.4, 0.5) is 4.79 Å². The van der Waals surface area contributed by atoms with Crippen LogP contribution >= 0.6 is 0 Å². The molecule has 0 saturated carbocycles. The third-order valence-electron chi connectivity index (χ3n) is 2.97. The van der Waals surface area contributed by atoms with Gasteiger partial charge in [0.1, 0.15) is 5.75 Å². The molecule has 0 saturated heterocycles. The number of hydrogen-bond donors (Lipinski definition) is 3. The van der Waals surface area contributed by atoms with Gasteiger partial charge in [-0.25, -0.2) is 4.79 Å².